The van der Waals surface area contributed by atoms with Crippen molar-refractivity contribution < 1.29 is 14.3 Å². The van der Waals surface area contributed by atoms with E-state index in [1.807, 2.05) is 0 Å². The Morgan fingerprint density at radius 1 is 1.50 bits per heavy atom. The first-order valence-corrected chi connectivity index (χ1v) is 3.82. The minimum absolute atomic E-state index is 0.178. The Kier molecular flexibility index (Phi) is 5.28. The molecule has 0 aliphatic rings. The van der Waals surface area contributed by atoms with Gasteiger partial charge in [0.1, 0.15) is 6.54 Å². The summed E-state index contributed by atoms with van der Waals surface area (Å²) >= 11 is 5.35. The standard InChI is InChI=1S/C7H10ClNO3/c1-3-12-6(11)4-9-7(8)5(2)10/h3-4H2,1-2H3. The molecule has 0 spiro atoms. The summed E-state index contributed by atoms with van der Waals surface area (Å²) in [5.41, 5.74) is 0. The molecule has 0 unspecified atom stereocenters. The predicted octanol–water partition coefficient (Wildman–Crippen LogP) is 0.776. The summed E-state index contributed by atoms with van der Waals surface area (Å²) in [4.78, 5) is 24.7. The normalized spacial score (nSPS) is 11.1. The number of hydrogen-bond acceptors (Lipinski definition) is 4. The van der Waals surface area contributed by atoms with Crippen molar-refractivity contribution in [3.05, 3.63) is 0 Å². The Hall–Kier alpha value is -0.900. The number of rotatable bonds is 4. The minimum atomic E-state index is -0.489. The fraction of sp³-hybridized carbons (Fsp3) is 0.571. The van der Waals surface area contributed by atoms with Crippen LogP contribution in [-0.4, -0.2) is 30.1 Å². The van der Waals surface area contributed by atoms with Gasteiger partial charge in [-0.2, -0.15) is 0 Å². The SMILES string of the molecule is CCOC(=O)CN=C(Cl)C(C)=O. The molecule has 0 aromatic carbocycles. The van der Waals surface area contributed by atoms with Gasteiger partial charge in [0.2, 0.25) is 0 Å². The number of esters is 1. The number of ether oxygens (including phenoxy) is 1. The van der Waals surface area contributed by atoms with Crippen LogP contribution in [0.1, 0.15) is 13.8 Å². The van der Waals surface area contributed by atoms with Gasteiger partial charge in [-0.3, -0.25) is 14.6 Å². The number of halogens is 1. The molecule has 4 nitrogen and oxygen atoms in total. The molecule has 0 N–H and O–H groups in total. The molecular formula is C7H10ClNO3. The van der Waals surface area contributed by atoms with Gasteiger partial charge < -0.3 is 4.74 Å². The van der Waals surface area contributed by atoms with Crippen LogP contribution in [0, 0.1) is 0 Å². The third-order valence-corrected chi connectivity index (χ3v) is 1.33. The van der Waals surface area contributed by atoms with E-state index in [4.69, 9.17) is 11.6 Å². The van der Waals surface area contributed by atoms with E-state index < -0.39 is 5.97 Å². The average Bonchev–Trinajstić information content (AvgIpc) is 2.00. The van der Waals surface area contributed by atoms with E-state index in [0.717, 1.165) is 0 Å². The molecule has 68 valence electrons. The lowest BCUT2D eigenvalue weighted by Gasteiger charge is -1.96. The van der Waals surface area contributed by atoms with Crippen LogP contribution in [0.3, 0.4) is 0 Å². The van der Waals surface area contributed by atoms with Gasteiger partial charge in [-0.15, -0.1) is 0 Å². The summed E-state index contributed by atoms with van der Waals surface area (Å²) in [6.45, 7) is 3.06. The molecule has 0 aliphatic heterocycles. The van der Waals surface area contributed by atoms with E-state index in [1.165, 1.54) is 6.92 Å². The lowest BCUT2D eigenvalue weighted by molar-refractivity contribution is -0.141. The molecule has 0 rings (SSSR count). The van der Waals surface area contributed by atoms with Gasteiger partial charge in [0, 0.05) is 6.92 Å². The number of hydrogen-bond donors (Lipinski definition) is 0. The highest BCUT2D eigenvalue weighted by atomic mass is 35.5. The van der Waals surface area contributed by atoms with Crippen molar-refractivity contribution in [2.75, 3.05) is 13.2 Å². The fourth-order valence-corrected chi connectivity index (χ4v) is 0.512. The van der Waals surface area contributed by atoms with Crippen LogP contribution in [0.2, 0.25) is 0 Å². The van der Waals surface area contributed by atoms with E-state index in [9.17, 15) is 9.59 Å². The highest BCUT2D eigenvalue weighted by Gasteiger charge is 2.03. The van der Waals surface area contributed by atoms with Crippen LogP contribution in [0.5, 0.6) is 0 Å². The first-order chi connectivity index (χ1) is 5.57. The maximum absolute atomic E-state index is 10.7. The van der Waals surface area contributed by atoms with E-state index >= 15 is 0 Å². The Morgan fingerprint density at radius 3 is 2.50 bits per heavy atom. The number of ketones is 1. The van der Waals surface area contributed by atoms with E-state index in [1.54, 1.807) is 6.92 Å². The zero-order chi connectivity index (χ0) is 9.56. The van der Waals surface area contributed by atoms with Crippen molar-refractivity contribution in [2.45, 2.75) is 13.8 Å². The molecule has 0 saturated carbocycles. The Morgan fingerprint density at radius 2 is 2.08 bits per heavy atom. The first kappa shape index (κ1) is 11.1. The van der Waals surface area contributed by atoms with Crippen LogP contribution >= 0.6 is 11.6 Å². The van der Waals surface area contributed by atoms with Crippen molar-refractivity contribution >= 4 is 28.5 Å². The van der Waals surface area contributed by atoms with Gasteiger partial charge in [0.05, 0.1) is 6.61 Å². The summed E-state index contributed by atoms with van der Waals surface area (Å²) in [5.74, 6) is -0.849. The molecule has 0 radical (unpaired) electrons. The second-order valence-corrected chi connectivity index (χ2v) is 2.33. The van der Waals surface area contributed by atoms with E-state index in [-0.39, 0.29) is 17.5 Å². The Balaban J connectivity index is 3.87. The molecule has 0 bridgehead atoms. The third kappa shape index (κ3) is 4.85. The molecule has 0 aromatic rings. The van der Waals surface area contributed by atoms with Crippen LogP contribution in [-0.2, 0) is 14.3 Å². The quantitative estimate of drug-likeness (QED) is 0.487. The van der Waals surface area contributed by atoms with Gasteiger partial charge in [0.15, 0.2) is 11.0 Å². The second-order valence-electron chi connectivity index (χ2n) is 1.97. The second kappa shape index (κ2) is 5.71. The van der Waals surface area contributed by atoms with E-state index in [2.05, 4.69) is 9.73 Å². The number of nitrogens with zero attached hydrogens (tertiary/aromatic N) is 1. The summed E-state index contributed by atoms with van der Waals surface area (Å²) in [6.07, 6.45) is 0. The van der Waals surface area contributed by atoms with E-state index in [0.29, 0.717) is 6.61 Å². The summed E-state index contributed by atoms with van der Waals surface area (Å²) < 4.78 is 4.56. The van der Waals surface area contributed by atoms with Crippen molar-refractivity contribution in [3.8, 4) is 0 Å². The van der Waals surface area contributed by atoms with Gasteiger partial charge in [-0.25, -0.2) is 0 Å². The topological polar surface area (TPSA) is 55.7 Å². The highest BCUT2D eigenvalue weighted by molar-refractivity contribution is 6.82. The van der Waals surface area contributed by atoms with Gasteiger partial charge in [-0.1, -0.05) is 11.6 Å². The predicted molar refractivity (Wildman–Crippen MR) is 45.5 cm³/mol. The van der Waals surface area contributed by atoms with Gasteiger partial charge in [-0.05, 0) is 6.92 Å². The van der Waals surface area contributed by atoms with Crippen LogP contribution < -0.4 is 0 Å². The minimum Gasteiger partial charge on any atom is -0.465 e. The van der Waals surface area contributed by atoms with Crippen LogP contribution in [0.4, 0.5) is 0 Å². The van der Waals surface area contributed by atoms with Crippen LogP contribution in [0.15, 0.2) is 4.99 Å². The maximum Gasteiger partial charge on any atom is 0.327 e. The first-order valence-electron chi connectivity index (χ1n) is 3.44. The molecule has 12 heavy (non-hydrogen) atoms. The van der Waals surface area contributed by atoms with Crippen LogP contribution in [0.25, 0.3) is 0 Å². The zero-order valence-electron chi connectivity index (χ0n) is 6.96. The highest BCUT2D eigenvalue weighted by Crippen LogP contribution is 1.89. The largest absolute Gasteiger partial charge is 0.465 e. The molecule has 0 saturated heterocycles. The molecule has 0 aromatic heterocycles. The Labute approximate surface area is 75.6 Å². The Bertz CT molecular complexity index is 213. The average molecular weight is 192 g/mol. The zero-order valence-corrected chi connectivity index (χ0v) is 7.72. The van der Waals surface area contributed by atoms with Crippen molar-refractivity contribution in [1.82, 2.24) is 0 Å². The number of carbonyl (C=O) groups excluding carboxylic acids is 2. The maximum atomic E-state index is 10.7. The molecular weight excluding hydrogens is 182 g/mol. The third-order valence-electron chi connectivity index (χ3n) is 0.943. The number of Topliss-reactive ketones (excluding diaryl/α,β-unsaturated/α-hetero) is 1. The van der Waals surface area contributed by atoms with Crippen molar-refractivity contribution in [2.24, 2.45) is 4.99 Å². The fourth-order valence-electron chi connectivity index (χ4n) is 0.452. The van der Waals surface area contributed by atoms with Gasteiger partial charge >= 0.3 is 5.97 Å². The van der Waals surface area contributed by atoms with Gasteiger partial charge in [0.25, 0.3) is 0 Å². The molecule has 0 atom stereocenters. The van der Waals surface area contributed by atoms with Crippen molar-refractivity contribution in [1.29, 1.82) is 0 Å². The summed E-state index contributed by atoms with van der Waals surface area (Å²) in [5, 5.41) is -0.178. The molecule has 5 heteroatoms. The monoisotopic (exact) mass is 191 g/mol. The molecule has 0 aliphatic carbocycles. The summed E-state index contributed by atoms with van der Waals surface area (Å²) in [6, 6.07) is 0. The molecule has 0 fully saturated rings. The van der Waals surface area contributed by atoms with Crippen molar-refractivity contribution in [3.63, 3.8) is 0 Å². The lowest BCUT2D eigenvalue weighted by atomic mass is 10.5. The number of carbonyl (C=O) groups is 2. The smallest absolute Gasteiger partial charge is 0.327 e. The molecule has 0 amide bonds. The molecule has 0 heterocycles. The lowest BCUT2D eigenvalue weighted by Crippen LogP contribution is -2.10. The summed E-state index contributed by atoms with van der Waals surface area (Å²) in [7, 11) is 0. The number of aliphatic imine (C=N–C) groups is 1.